The van der Waals surface area contributed by atoms with Crippen LogP contribution in [0, 0.1) is 12.3 Å². The van der Waals surface area contributed by atoms with Crippen molar-refractivity contribution in [2.75, 3.05) is 0 Å². The molecule has 1 atom stereocenters. The SMILES string of the molecule is C#CC(CCC)NCc1cc(C(N)=O)cs1. The molecule has 3 N–H and O–H groups in total. The van der Waals surface area contributed by atoms with Gasteiger partial charge in [0.05, 0.1) is 11.6 Å². The number of carbonyl (C=O) groups excluding carboxylic acids is 1. The lowest BCUT2D eigenvalue weighted by molar-refractivity contribution is 0.100. The van der Waals surface area contributed by atoms with E-state index in [9.17, 15) is 4.79 Å². The highest BCUT2D eigenvalue weighted by molar-refractivity contribution is 7.10. The molecule has 0 saturated carbocycles. The monoisotopic (exact) mass is 236 g/mol. The summed E-state index contributed by atoms with van der Waals surface area (Å²) in [5.74, 6) is 2.32. The van der Waals surface area contributed by atoms with Crippen LogP contribution in [0.2, 0.25) is 0 Å². The van der Waals surface area contributed by atoms with Crippen LogP contribution in [0.1, 0.15) is 35.0 Å². The molecule has 86 valence electrons. The van der Waals surface area contributed by atoms with Crippen molar-refractivity contribution < 1.29 is 4.79 Å². The fraction of sp³-hybridized carbons (Fsp3) is 0.417. The molecule has 3 nitrogen and oxygen atoms in total. The van der Waals surface area contributed by atoms with Gasteiger partial charge >= 0.3 is 0 Å². The van der Waals surface area contributed by atoms with Crippen LogP contribution in [0.4, 0.5) is 0 Å². The number of thiophene rings is 1. The highest BCUT2D eigenvalue weighted by atomic mass is 32.1. The largest absolute Gasteiger partial charge is 0.366 e. The molecule has 1 amide bonds. The summed E-state index contributed by atoms with van der Waals surface area (Å²) < 4.78 is 0. The van der Waals surface area contributed by atoms with E-state index in [1.807, 2.05) is 0 Å². The lowest BCUT2D eigenvalue weighted by Gasteiger charge is -2.10. The second-order valence-electron chi connectivity index (χ2n) is 3.55. The Kier molecular flexibility index (Phi) is 5.03. The molecule has 0 aliphatic heterocycles. The van der Waals surface area contributed by atoms with Crippen LogP contribution >= 0.6 is 11.3 Å². The first kappa shape index (κ1) is 12.8. The Hall–Kier alpha value is -1.31. The van der Waals surface area contributed by atoms with Gasteiger partial charge in [0.15, 0.2) is 0 Å². The van der Waals surface area contributed by atoms with Gasteiger partial charge in [-0.1, -0.05) is 19.3 Å². The fourth-order valence-corrected chi connectivity index (χ4v) is 2.18. The number of hydrogen-bond acceptors (Lipinski definition) is 3. The molecular formula is C12H16N2OS. The van der Waals surface area contributed by atoms with E-state index in [1.54, 1.807) is 11.4 Å². The Labute approximate surface area is 100 Å². The van der Waals surface area contributed by atoms with Crippen LogP contribution in [0.5, 0.6) is 0 Å². The third-order valence-electron chi connectivity index (χ3n) is 2.24. The van der Waals surface area contributed by atoms with Crippen molar-refractivity contribution in [2.24, 2.45) is 5.73 Å². The maximum absolute atomic E-state index is 10.9. The van der Waals surface area contributed by atoms with Crippen LogP contribution in [0.25, 0.3) is 0 Å². The second-order valence-corrected chi connectivity index (χ2v) is 4.55. The molecule has 1 heterocycles. The van der Waals surface area contributed by atoms with Gasteiger partial charge in [-0.05, 0) is 12.5 Å². The maximum Gasteiger partial charge on any atom is 0.249 e. The van der Waals surface area contributed by atoms with Gasteiger partial charge in [0.2, 0.25) is 5.91 Å². The first-order chi connectivity index (χ1) is 7.67. The lowest BCUT2D eigenvalue weighted by atomic mass is 10.2. The molecule has 0 radical (unpaired) electrons. The first-order valence-electron chi connectivity index (χ1n) is 5.24. The zero-order valence-electron chi connectivity index (χ0n) is 9.32. The quantitative estimate of drug-likeness (QED) is 0.739. The number of primary amides is 1. The highest BCUT2D eigenvalue weighted by Crippen LogP contribution is 2.14. The van der Waals surface area contributed by atoms with Crippen LogP contribution in [0.3, 0.4) is 0 Å². The smallest absolute Gasteiger partial charge is 0.249 e. The molecule has 1 aromatic heterocycles. The predicted octanol–water partition coefficient (Wildman–Crippen LogP) is 1.74. The molecule has 4 heteroatoms. The van der Waals surface area contributed by atoms with E-state index in [-0.39, 0.29) is 11.9 Å². The Morgan fingerprint density at radius 1 is 1.75 bits per heavy atom. The number of carbonyl (C=O) groups is 1. The van der Waals surface area contributed by atoms with Gasteiger partial charge in [0, 0.05) is 16.8 Å². The zero-order chi connectivity index (χ0) is 12.0. The topological polar surface area (TPSA) is 55.1 Å². The van der Waals surface area contributed by atoms with Gasteiger partial charge in [-0.25, -0.2) is 0 Å². The van der Waals surface area contributed by atoms with Crippen LogP contribution in [-0.4, -0.2) is 11.9 Å². The van der Waals surface area contributed by atoms with Crippen molar-refractivity contribution in [2.45, 2.75) is 32.4 Å². The molecule has 0 saturated heterocycles. The normalized spacial score (nSPS) is 12.0. The van der Waals surface area contributed by atoms with Crippen LogP contribution in [-0.2, 0) is 6.54 Å². The molecule has 1 rings (SSSR count). The van der Waals surface area contributed by atoms with Crippen molar-refractivity contribution in [3.63, 3.8) is 0 Å². The minimum Gasteiger partial charge on any atom is -0.366 e. The zero-order valence-corrected chi connectivity index (χ0v) is 10.1. The summed E-state index contributed by atoms with van der Waals surface area (Å²) in [5, 5.41) is 5.03. The van der Waals surface area contributed by atoms with E-state index in [2.05, 4.69) is 18.2 Å². The van der Waals surface area contributed by atoms with Crippen LogP contribution in [0.15, 0.2) is 11.4 Å². The minimum absolute atomic E-state index is 0.101. The molecule has 1 aromatic rings. The van der Waals surface area contributed by atoms with Crippen molar-refractivity contribution in [3.8, 4) is 12.3 Å². The summed E-state index contributed by atoms with van der Waals surface area (Å²) in [6.07, 6.45) is 7.41. The van der Waals surface area contributed by atoms with E-state index in [0.717, 1.165) is 17.7 Å². The summed E-state index contributed by atoms with van der Waals surface area (Å²) in [5.41, 5.74) is 5.74. The average Bonchev–Trinajstić information content (AvgIpc) is 2.73. The number of nitrogens with one attached hydrogen (secondary N) is 1. The summed E-state index contributed by atoms with van der Waals surface area (Å²) in [6.45, 7) is 2.79. The van der Waals surface area contributed by atoms with Crippen LogP contribution < -0.4 is 11.1 Å². The van der Waals surface area contributed by atoms with Crippen molar-refractivity contribution >= 4 is 17.2 Å². The van der Waals surface area contributed by atoms with E-state index in [0.29, 0.717) is 12.1 Å². The Balaban J connectivity index is 2.48. The molecule has 0 aliphatic carbocycles. The summed E-state index contributed by atoms with van der Waals surface area (Å²) in [6, 6.07) is 1.91. The third-order valence-corrected chi connectivity index (χ3v) is 3.18. The molecule has 1 unspecified atom stereocenters. The number of nitrogens with two attached hydrogens (primary N) is 1. The van der Waals surface area contributed by atoms with Gasteiger partial charge < -0.3 is 5.73 Å². The number of rotatable bonds is 6. The number of hydrogen-bond donors (Lipinski definition) is 2. The molecule has 0 aromatic carbocycles. The van der Waals surface area contributed by atoms with E-state index < -0.39 is 0 Å². The average molecular weight is 236 g/mol. The predicted molar refractivity (Wildman–Crippen MR) is 67.2 cm³/mol. The number of amides is 1. The second kappa shape index (κ2) is 6.31. The van der Waals surface area contributed by atoms with Gasteiger partial charge in [0.1, 0.15) is 0 Å². The minimum atomic E-state index is -0.385. The molecule has 0 spiro atoms. The molecule has 16 heavy (non-hydrogen) atoms. The first-order valence-corrected chi connectivity index (χ1v) is 6.12. The maximum atomic E-state index is 10.9. The van der Waals surface area contributed by atoms with Crippen molar-refractivity contribution in [1.82, 2.24) is 5.32 Å². The lowest BCUT2D eigenvalue weighted by Crippen LogP contribution is -2.26. The van der Waals surface area contributed by atoms with Gasteiger partial charge in [-0.3, -0.25) is 10.1 Å². The van der Waals surface area contributed by atoms with E-state index >= 15 is 0 Å². The van der Waals surface area contributed by atoms with Crippen molar-refractivity contribution in [1.29, 1.82) is 0 Å². The molecule has 0 aliphatic rings. The van der Waals surface area contributed by atoms with Crippen molar-refractivity contribution in [3.05, 3.63) is 21.9 Å². The molecule has 0 fully saturated rings. The molecule has 0 bridgehead atoms. The van der Waals surface area contributed by atoms with Gasteiger partial charge in [0.25, 0.3) is 0 Å². The Morgan fingerprint density at radius 3 is 3.00 bits per heavy atom. The third kappa shape index (κ3) is 3.69. The Bertz CT molecular complexity index is 392. The number of terminal acetylenes is 1. The van der Waals surface area contributed by atoms with E-state index in [4.69, 9.17) is 12.2 Å². The summed E-state index contributed by atoms with van der Waals surface area (Å²) in [7, 11) is 0. The van der Waals surface area contributed by atoms with E-state index in [1.165, 1.54) is 11.3 Å². The summed E-state index contributed by atoms with van der Waals surface area (Å²) >= 11 is 1.52. The summed E-state index contributed by atoms with van der Waals surface area (Å²) in [4.78, 5) is 12.0. The van der Waals surface area contributed by atoms with Gasteiger partial charge in [-0.2, -0.15) is 0 Å². The Morgan fingerprint density at radius 2 is 2.50 bits per heavy atom. The molecular weight excluding hydrogens is 220 g/mol. The highest BCUT2D eigenvalue weighted by Gasteiger charge is 2.06. The van der Waals surface area contributed by atoms with Gasteiger partial charge in [-0.15, -0.1) is 17.8 Å². The fourth-order valence-electron chi connectivity index (χ4n) is 1.36. The standard InChI is InChI=1S/C12H16N2OS/c1-3-5-10(4-2)14-7-11-6-9(8-16-11)12(13)15/h2,6,8,10,14H,3,5,7H2,1H3,(H2,13,15).